The molecule has 2 fully saturated rings. The summed E-state index contributed by atoms with van der Waals surface area (Å²) in [4.78, 5) is 26.5. The number of anilines is 3. The first-order valence-electron chi connectivity index (χ1n) is 10.3. The first-order valence-corrected chi connectivity index (χ1v) is 10.3. The van der Waals surface area contributed by atoms with Gasteiger partial charge in [-0.3, -0.25) is 4.79 Å². The van der Waals surface area contributed by atoms with Crippen molar-refractivity contribution in [2.45, 2.75) is 0 Å². The Morgan fingerprint density at radius 3 is 2.03 bits per heavy atom. The van der Waals surface area contributed by atoms with Crippen molar-refractivity contribution in [2.75, 3.05) is 81.6 Å². The van der Waals surface area contributed by atoms with Crippen molar-refractivity contribution in [1.29, 1.82) is 0 Å². The van der Waals surface area contributed by atoms with Crippen LogP contribution in [-0.2, 0) is 0 Å². The number of pyridine rings is 1. The topological polar surface area (TPSA) is 55.0 Å². The summed E-state index contributed by atoms with van der Waals surface area (Å²) in [7, 11) is 4.29. The number of piperazine rings is 2. The van der Waals surface area contributed by atoms with Crippen LogP contribution >= 0.6 is 0 Å². The van der Waals surface area contributed by atoms with Gasteiger partial charge in [-0.1, -0.05) is 0 Å². The second-order valence-corrected chi connectivity index (χ2v) is 7.98. The maximum Gasteiger partial charge on any atom is 0.255 e. The molecule has 2 aromatic rings. The lowest BCUT2D eigenvalue weighted by Gasteiger charge is -2.34. The number of carbonyl (C=O) groups is 1. The van der Waals surface area contributed by atoms with Crippen LogP contribution in [0.25, 0.3) is 0 Å². The number of aromatic nitrogens is 1. The minimum atomic E-state index is -0.102. The van der Waals surface area contributed by atoms with E-state index < -0.39 is 0 Å². The number of nitrogens with zero attached hydrogens (tertiary/aromatic N) is 5. The van der Waals surface area contributed by atoms with Gasteiger partial charge < -0.3 is 24.9 Å². The summed E-state index contributed by atoms with van der Waals surface area (Å²) >= 11 is 0. The van der Waals surface area contributed by atoms with E-state index in [0.29, 0.717) is 5.56 Å². The SMILES string of the molecule is CN1CCN(c2ccc(NC(=O)c3ccnc(N4CCN(C)CC4)c3)cc2)CC1. The molecule has 7 heteroatoms. The van der Waals surface area contributed by atoms with Gasteiger partial charge in [-0.15, -0.1) is 0 Å². The minimum absolute atomic E-state index is 0.102. The van der Waals surface area contributed by atoms with E-state index in [-0.39, 0.29) is 5.91 Å². The van der Waals surface area contributed by atoms with E-state index in [1.807, 2.05) is 18.2 Å². The number of hydrogen-bond donors (Lipinski definition) is 1. The highest BCUT2D eigenvalue weighted by Crippen LogP contribution is 2.20. The molecule has 1 N–H and O–H groups in total. The van der Waals surface area contributed by atoms with Crippen LogP contribution in [0.5, 0.6) is 0 Å². The fourth-order valence-electron chi connectivity index (χ4n) is 3.79. The maximum absolute atomic E-state index is 12.7. The summed E-state index contributed by atoms with van der Waals surface area (Å²) in [6.07, 6.45) is 1.72. The highest BCUT2D eigenvalue weighted by atomic mass is 16.1. The molecule has 7 nitrogen and oxygen atoms in total. The Balaban J connectivity index is 1.38. The molecule has 1 amide bonds. The van der Waals surface area contributed by atoms with Crippen molar-refractivity contribution < 1.29 is 4.79 Å². The molecule has 1 aromatic carbocycles. The van der Waals surface area contributed by atoms with Gasteiger partial charge in [0, 0.05) is 75.5 Å². The number of rotatable bonds is 4. The molecule has 0 atom stereocenters. The average molecular weight is 395 g/mol. The molecule has 2 aliphatic heterocycles. The largest absolute Gasteiger partial charge is 0.369 e. The molecule has 3 heterocycles. The third kappa shape index (κ3) is 4.86. The summed E-state index contributed by atoms with van der Waals surface area (Å²) in [5.41, 5.74) is 2.65. The number of benzene rings is 1. The molecule has 0 spiro atoms. The van der Waals surface area contributed by atoms with Crippen LogP contribution in [0.1, 0.15) is 10.4 Å². The highest BCUT2D eigenvalue weighted by molar-refractivity contribution is 6.04. The Labute approximate surface area is 172 Å². The third-order valence-electron chi connectivity index (χ3n) is 5.83. The molecule has 0 bridgehead atoms. The van der Waals surface area contributed by atoms with Crippen molar-refractivity contribution in [3.63, 3.8) is 0 Å². The van der Waals surface area contributed by atoms with E-state index in [1.165, 1.54) is 5.69 Å². The Kier molecular flexibility index (Phi) is 5.97. The van der Waals surface area contributed by atoms with Gasteiger partial charge in [-0.05, 0) is 50.5 Å². The standard InChI is InChI=1S/C22H30N6O/c1-25-9-13-27(14-10-25)20-5-3-19(4-6-20)24-22(29)18-7-8-23-21(17-18)28-15-11-26(2)12-16-28/h3-8,17H,9-16H2,1-2H3,(H,24,29). The smallest absolute Gasteiger partial charge is 0.255 e. The molecule has 4 rings (SSSR count). The van der Waals surface area contributed by atoms with Gasteiger partial charge in [0.25, 0.3) is 5.91 Å². The van der Waals surface area contributed by atoms with Crippen LogP contribution in [0.3, 0.4) is 0 Å². The summed E-state index contributed by atoms with van der Waals surface area (Å²) in [5.74, 6) is 0.770. The van der Waals surface area contributed by atoms with Gasteiger partial charge in [0.05, 0.1) is 0 Å². The summed E-state index contributed by atoms with van der Waals surface area (Å²) < 4.78 is 0. The Morgan fingerprint density at radius 1 is 0.828 bits per heavy atom. The quantitative estimate of drug-likeness (QED) is 0.854. The summed E-state index contributed by atoms with van der Waals surface area (Å²) in [6, 6.07) is 11.8. The van der Waals surface area contributed by atoms with Gasteiger partial charge in [0.1, 0.15) is 5.82 Å². The fourth-order valence-corrected chi connectivity index (χ4v) is 3.79. The number of carbonyl (C=O) groups excluding carboxylic acids is 1. The van der Waals surface area contributed by atoms with Gasteiger partial charge in [0.2, 0.25) is 0 Å². The van der Waals surface area contributed by atoms with Crippen molar-refractivity contribution in [3.05, 3.63) is 48.2 Å². The number of amides is 1. The zero-order valence-corrected chi connectivity index (χ0v) is 17.3. The van der Waals surface area contributed by atoms with E-state index in [9.17, 15) is 4.79 Å². The maximum atomic E-state index is 12.7. The molecule has 1 aromatic heterocycles. The zero-order chi connectivity index (χ0) is 20.2. The Bertz CT molecular complexity index is 823. The van der Waals surface area contributed by atoms with Gasteiger partial charge in [-0.25, -0.2) is 4.98 Å². The fraction of sp³-hybridized carbons (Fsp3) is 0.455. The lowest BCUT2D eigenvalue weighted by molar-refractivity contribution is 0.102. The van der Waals surface area contributed by atoms with Crippen molar-refractivity contribution in [2.24, 2.45) is 0 Å². The number of hydrogen-bond acceptors (Lipinski definition) is 6. The van der Waals surface area contributed by atoms with Crippen LogP contribution in [0.15, 0.2) is 42.6 Å². The van der Waals surface area contributed by atoms with E-state index in [2.05, 4.69) is 56.1 Å². The van der Waals surface area contributed by atoms with Gasteiger partial charge in [0.15, 0.2) is 0 Å². The Hall–Kier alpha value is -2.64. The molecule has 0 unspecified atom stereocenters. The number of likely N-dealkylation sites (N-methyl/N-ethyl adjacent to an activating group) is 2. The predicted octanol–water partition coefficient (Wildman–Crippen LogP) is 1.84. The van der Waals surface area contributed by atoms with Crippen molar-refractivity contribution in [1.82, 2.24) is 14.8 Å². The second kappa shape index (κ2) is 8.80. The molecular formula is C22H30N6O. The average Bonchev–Trinajstić information content (AvgIpc) is 2.75. The molecule has 2 saturated heterocycles. The lowest BCUT2D eigenvalue weighted by atomic mass is 10.2. The second-order valence-electron chi connectivity index (χ2n) is 7.98. The zero-order valence-electron chi connectivity index (χ0n) is 17.3. The van der Waals surface area contributed by atoms with Gasteiger partial charge >= 0.3 is 0 Å². The Morgan fingerprint density at radius 2 is 1.41 bits per heavy atom. The molecule has 154 valence electrons. The van der Waals surface area contributed by atoms with Gasteiger partial charge in [-0.2, -0.15) is 0 Å². The summed E-state index contributed by atoms with van der Waals surface area (Å²) in [6.45, 7) is 8.12. The molecule has 29 heavy (non-hydrogen) atoms. The first kappa shape index (κ1) is 19.7. The monoisotopic (exact) mass is 394 g/mol. The van der Waals surface area contributed by atoms with Crippen molar-refractivity contribution >= 4 is 23.1 Å². The van der Waals surface area contributed by atoms with E-state index in [0.717, 1.165) is 63.9 Å². The van der Waals surface area contributed by atoms with Crippen LogP contribution in [0, 0.1) is 0 Å². The highest BCUT2D eigenvalue weighted by Gasteiger charge is 2.17. The molecule has 0 aliphatic carbocycles. The minimum Gasteiger partial charge on any atom is -0.369 e. The number of nitrogens with one attached hydrogen (secondary N) is 1. The van der Waals surface area contributed by atoms with Crippen molar-refractivity contribution in [3.8, 4) is 0 Å². The normalized spacial score (nSPS) is 18.7. The predicted molar refractivity (Wildman–Crippen MR) is 118 cm³/mol. The third-order valence-corrected chi connectivity index (χ3v) is 5.83. The molecule has 0 saturated carbocycles. The first-order chi connectivity index (χ1) is 14.1. The van der Waals surface area contributed by atoms with Crippen LogP contribution < -0.4 is 15.1 Å². The molecular weight excluding hydrogens is 364 g/mol. The lowest BCUT2D eigenvalue weighted by Crippen LogP contribution is -2.44. The molecule has 2 aliphatic rings. The van der Waals surface area contributed by atoms with Crippen LogP contribution in [-0.4, -0.2) is 87.1 Å². The van der Waals surface area contributed by atoms with E-state index in [4.69, 9.17) is 0 Å². The van der Waals surface area contributed by atoms with Crippen LogP contribution in [0.2, 0.25) is 0 Å². The van der Waals surface area contributed by atoms with E-state index >= 15 is 0 Å². The summed E-state index contributed by atoms with van der Waals surface area (Å²) in [5, 5.41) is 3.01. The molecule has 0 radical (unpaired) electrons. The van der Waals surface area contributed by atoms with Crippen LogP contribution in [0.4, 0.5) is 17.2 Å². The van der Waals surface area contributed by atoms with E-state index in [1.54, 1.807) is 12.3 Å².